The van der Waals surface area contributed by atoms with Gasteiger partial charge in [-0.2, -0.15) is 0 Å². The van der Waals surface area contributed by atoms with E-state index in [9.17, 15) is 29.7 Å². The van der Waals surface area contributed by atoms with Gasteiger partial charge in [0.15, 0.2) is 5.76 Å². The number of carbonyl (C=O) groups excluding carboxylic acids is 1. The highest BCUT2D eigenvalue weighted by atomic mass is 16.5. The molecule has 0 fully saturated rings. The number of unbranched alkanes of at least 4 members (excludes halogenated alkanes) is 2. The largest absolute Gasteiger partial charge is 0.508 e. The number of ether oxygens (including phenoxy) is 1. The van der Waals surface area contributed by atoms with E-state index in [4.69, 9.17) is 9.84 Å². The van der Waals surface area contributed by atoms with Gasteiger partial charge in [0.25, 0.3) is 5.91 Å². The Morgan fingerprint density at radius 1 is 1.03 bits per heavy atom. The first-order valence-electron chi connectivity index (χ1n) is 11.7. The molecule has 0 spiro atoms. The van der Waals surface area contributed by atoms with Crippen LogP contribution in [0.5, 0.6) is 11.5 Å². The van der Waals surface area contributed by atoms with Crippen LogP contribution in [0, 0.1) is 0 Å². The average molecular weight is 513 g/mol. The second kappa shape index (κ2) is 14.2. The molecule has 6 N–H and O–H groups in total. The Morgan fingerprint density at radius 3 is 2.35 bits per heavy atom. The maximum atomic E-state index is 12.8. The molecule has 0 aliphatic heterocycles. The standard InChI is InChI=1S/C27H32N2O8/c1-17(28-13-5-3-4-6-25(32)33)21-14-19(9-12-23(21)31)16-24(37-2)26(34)29-22(27(35)36)15-18-7-10-20(30)11-8-18/h7-12,14,16,22,28,30-31H,1,3-6,13,15H2,2H3,(H,29,34)(H,32,33)(H,35,36)/b24-16-. The Kier molecular flexibility index (Phi) is 11.0. The number of phenolic OH excluding ortho intramolecular Hbond substituents is 2. The number of carbonyl (C=O) groups is 3. The summed E-state index contributed by atoms with van der Waals surface area (Å²) < 4.78 is 5.19. The first-order valence-corrected chi connectivity index (χ1v) is 11.7. The highest BCUT2D eigenvalue weighted by Crippen LogP contribution is 2.25. The smallest absolute Gasteiger partial charge is 0.326 e. The summed E-state index contributed by atoms with van der Waals surface area (Å²) in [7, 11) is 1.29. The van der Waals surface area contributed by atoms with Crippen molar-refractivity contribution in [1.29, 1.82) is 0 Å². The monoisotopic (exact) mass is 512 g/mol. The summed E-state index contributed by atoms with van der Waals surface area (Å²) in [6, 6.07) is 9.38. The molecule has 0 saturated heterocycles. The van der Waals surface area contributed by atoms with Gasteiger partial charge in [-0.15, -0.1) is 0 Å². The highest BCUT2D eigenvalue weighted by molar-refractivity contribution is 5.98. The predicted molar refractivity (Wildman–Crippen MR) is 138 cm³/mol. The van der Waals surface area contributed by atoms with E-state index in [1.807, 2.05) is 0 Å². The van der Waals surface area contributed by atoms with Crippen LogP contribution >= 0.6 is 0 Å². The zero-order valence-corrected chi connectivity index (χ0v) is 20.6. The van der Waals surface area contributed by atoms with Gasteiger partial charge in [0, 0.05) is 30.6 Å². The van der Waals surface area contributed by atoms with Crippen LogP contribution in [-0.2, 0) is 25.5 Å². The minimum Gasteiger partial charge on any atom is -0.508 e. The van der Waals surface area contributed by atoms with Crippen molar-refractivity contribution >= 4 is 29.6 Å². The zero-order chi connectivity index (χ0) is 27.4. The third-order valence-electron chi connectivity index (χ3n) is 5.47. The molecule has 1 amide bonds. The maximum absolute atomic E-state index is 12.8. The number of aromatic hydroxyl groups is 2. The fourth-order valence-corrected chi connectivity index (χ4v) is 3.46. The number of amides is 1. The summed E-state index contributed by atoms with van der Waals surface area (Å²) in [6.07, 6.45) is 3.58. The molecule has 10 nitrogen and oxygen atoms in total. The molecule has 0 aliphatic rings. The quantitative estimate of drug-likeness (QED) is 0.119. The summed E-state index contributed by atoms with van der Waals surface area (Å²) in [5.41, 5.74) is 1.99. The SMILES string of the molecule is C=C(NCCCCCC(=O)O)c1cc(/C=C(\OC)C(=O)NC(Cc2ccc(O)cc2)C(=O)O)ccc1O. The summed E-state index contributed by atoms with van der Waals surface area (Å²) in [5, 5.41) is 43.4. The molecule has 0 aliphatic carbocycles. The van der Waals surface area contributed by atoms with Crippen LogP contribution in [0.15, 0.2) is 54.8 Å². The number of carboxylic acid groups (broad SMARTS) is 2. The van der Waals surface area contributed by atoms with Gasteiger partial charge in [-0.25, -0.2) is 4.79 Å². The van der Waals surface area contributed by atoms with E-state index < -0.39 is 23.9 Å². The fraction of sp³-hybridized carbons (Fsp3) is 0.296. The number of hydrogen-bond acceptors (Lipinski definition) is 7. The Labute approximate surface area is 214 Å². The summed E-state index contributed by atoms with van der Waals surface area (Å²) in [6.45, 7) is 4.48. The Balaban J connectivity index is 2.07. The number of methoxy groups -OCH3 is 1. The van der Waals surface area contributed by atoms with Gasteiger partial charge < -0.3 is 35.8 Å². The zero-order valence-electron chi connectivity index (χ0n) is 20.6. The van der Waals surface area contributed by atoms with E-state index in [1.165, 1.54) is 31.4 Å². The van der Waals surface area contributed by atoms with Crippen LogP contribution in [0.2, 0.25) is 0 Å². The molecule has 0 saturated carbocycles. The summed E-state index contributed by atoms with van der Waals surface area (Å²) in [4.78, 5) is 35.1. The molecule has 2 rings (SSSR count). The molecule has 10 heteroatoms. The van der Waals surface area contributed by atoms with Crippen molar-refractivity contribution in [2.75, 3.05) is 13.7 Å². The van der Waals surface area contributed by atoms with E-state index in [2.05, 4.69) is 17.2 Å². The molecule has 0 radical (unpaired) electrons. The topological polar surface area (TPSA) is 165 Å². The number of phenols is 2. The fourth-order valence-electron chi connectivity index (χ4n) is 3.46. The second-order valence-corrected chi connectivity index (χ2v) is 8.33. The number of hydrogen-bond donors (Lipinski definition) is 6. The maximum Gasteiger partial charge on any atom is 0.326 e. The number of nitrogens with one attached hydrogen (secondary N) is 2. The lowest BCUT2D eigenvalue weighted by molar-refractivity contribution is -0.141. The molecule has 2 aromatic rings. The second-order valence-electron chi connectivity index (χ2n) is 8.33. The van der Waals surface area contributed by atoms with Gasteiger partial charge >= 0.3 is 11.9 Å². The lowest BCUT2D eigenvalue weighted by Crippen LogP contribution is -2.43. The van der Waals surface area contributed by atoms with Crippen molar-refractivity contribution in [3.8, 4) is 11.5 Å². The third-order valence-corrected chi connectivity index (χ3v) is 5.47. The Morgan fingerprint density at radius 2 is 1.73 bits per heavy atom. The normalized spacial score (nSPS) is 11.9. The van der Waals surface area contributed by atoms with Crippen LogP contribution in [0.4, 0.5) is 0 Å². The van der Waals surface area contributed by atoms with Gasteiger partial charge in [-0.05, 0) is 54.3 Å². The molecule has 37 heavy (non-hydrogen) atoms. The summed E-state index contributed by atoms with van der Waals surface area (Å²) >= 11 is 0. The van der Waals surface area contributed by atoms with E-state index >= 15 is 0 Å². The summed E-state index contributed by atoms with van der Waals surface area (Å²) in [5.74, 6) is -2.90. The van der Waals surface area contributed by atoms with Crippen LogP contribution in [0.25, 0.3) is 11.8 Å². The Hall–Kier alpha value is -4.47. The lowest BCUT2D eigenvalue weighted by atomic mass is 10.0. The van der Waals surface area contributed by atoms with Crippen molar-refractivity contribution in [3.05, 3.63) is 71.5 Å². The Bertz CT molecular complexity index is 1140. The van der Waals surface area contributed by atoms with Crippen molar-refractivity contribution < 1.29 is 39.5 Å². The molecule has 198 valence electrons. The van der Waals surface area contributed by atoms with Crippen molar-refractivity contribution in [2.24, 2.45) is 0 Å². The van der Waals surface area contributed by atoms with Crippen LogP contribution in [0.3, 0.4) is 0 Å². The lowest BCUT2D eigenvalue weighted by Gasteiger charge is -2.16. The van der Waals surface area contributed by atoms with Gasteiger partial charge in [0.1, 0.15) is 17.5 Å². The van der Waals surface area contributed by atoms with Crippen molar-refractivity contribution in [3.63, 3.8) is 0 Å². The van der Waals surface area contributed by atoms with Gasteiger partial charge in [-0.3, -0.25) is 9.59 Å². The first kappa shape index (κ1) is 28.8. The van der Waals surface area contributed by atoms with Crippen molar-refractivity contribution in [1.82, 2.24) is 10.6 Å². The molecule has 0 aromatic heterocycles. The van der Waals surface area contributed by atoms with Gasteiger partial charge in [0.05, 0.1) is 7.11 Å². The molecular weight excluding hydrogens is 480 g/mol. The van der Waals surface area contributed by atoms with E-state index in [-0.39, 0.29) is 30.1 Å². The average Bonchev–Trinajstić information content (AvgIpc) is 2.85. The predicted octanol–water partition coefficient (Wildman–Crippen LogP) is 3.10. The van der Waals surface area contributed by atoms with Gasteiger partial charge in [-0.1, -0.05) is 31.2 Å². The van der Waals surface area contributed by atoms with Crippen LogP contribution in [-0.4, -0.2) is 58.0 Å². The molecule has 1 unspecified atom stereocenters. The number of rotatable bonds is 15. The molecule has 1 atom stereocenters. The highest BCUT2D eigenvalue weighted by Gasteiger charge is 2.23. The minimum absolute atomic E-state index is 0.00348. The minimum atomic E-state index is -1.23. The molecule has 0 heterocycles. The van der Waals surface area contributed by atoms with Crippen LogP contribution < -0.4 is 10.6 Å². The van der Waals surface area contributed by atoms with Gasteiger partial charge in [0.2, 0.25) is 0 Å². The number of aliphatic carboxylic acids is 2. The van der Waals surface area contributed by atoms with Crippen molar-refractivity contribution in [2.45, 2.75) is 38.1 Å². The number of carboxylic acids is 2. The van der Waals surface area contributed by atoms with Crippen LogP contribution in [0.1, 0.15) is 42.4 Å². The van der Waals surface area contributed by atoms with E-state index in [1.54, 1.807) is 24.3 Å². The molecular formula is C27H32N2O8. The third kappa shape index (κ3) is 9.60. The molecule has 0 bridgehead atoms. The molecule has 2 aromatic carbocycles. The number of benzene rings is 2. The first-order chi connectivity index (χ1) is 17.6. The van der Waals surface area contributed by atoms with E-state index in [0.29, 0.717) is 35.4 Å². The van der Waals surface area contributed by atoms with E-state index in [0.717, 1.165) is 12.8 Å².